The van der Waals surface area contributed by atoms with Crippen molar-refractivity contribution in [3.63, 3.8) is 0 Å². The molecule has 0 aliphatic carbocycles. The molecule has 0 radical (unpaired) electrons. The van der Waals surface area contributed by atoms with E-state index in [0.29, 0.717) is 17.1 Å². The minimum Gasteiger partial charge on any atom is -0.457 e. The molecule has 0 unspecified atom stereocenters. The normalized spacial score (nSPS) is 12.2. The van der Waals surface area contributed by atoms with Gasteiger partial charge in [0.05, 0.1) is 0 Å². The SMILES string of the molecule is CC[C@H](N)c1ccccc1Oc1ccc(C)c(F)c1. The quantitative estimate of drug-likeness (QED) is 0.886. The minimum atomic E-state index is -0.269. The Kier molecular flexibility index (Phi) is 4.17. The smallest absolute Gasteiger partial charge is 0.132 e. The second-order valence-electron chi connectivity index (χ2n) is 4.57. The number of benzene rings is 2. The van der Waals surface area contributed by atoms with Crippen molar-refractivity contribution in [2.24, 2.45) is 5.73 Å². The van der Waals surface area contributed by atoms with Gasteiger partial charge in [0.25, 0.3) is 0 Å². The first-order chi connectivity index (χ1) is 9.11. The molecular formula is C16H18FNO. The summed E-state index contributed by atoms with van der Waals surface area (Å²) in [6.07, 6.45) is 0.822. The molecule has 2 aromatic rings. The van der Waals surface area contributed by atoms with Gasteiger partial charge in [-0.15, -0.1) is 0 Å². The molecule has 2 aromatic carbocycles. The summed E-state index contributed by atoms with van der Waals surface area (Å²) in [6.45, 7) is 3.74. The van der Waals surface area contributed by atoms with Crippen LogP contribution in [0.15, 0.2) is 42.5 Å². The molecule has 0 saturated heterocycles. The van der Waals surface area contributed by atoms with Gasteiger partial charge >= 0.3 is 0 Å². The lowest BCUT2D eigenvalue weighted by Gasteiger charge is -2.15. The molecule has 100 valence electrons. The van der Waals surface area contributed by atoms with Crippen LogP contribution in [-0.4, -0.2) is 0 Å². The second-order valence-corrected chi connectivity index (χ2v) is 4.57. The second kappa shape index (κ2) is 5.85. The Bertz CT molecular complexity index is 568. The maximum atomic E-state index is 13.5. The zero-order valence-corrected chi connectivity index (χ0v) is 11.2. The van der Waals surface area contributed by atoms with E-state index in [1.165, 1.54) is 6.07 Å². The Balaban J connectivity index is 2.30. The predicted molar refractivity (Wildman–Crippen MR) is 74.9 cm³/mol. The van der Waals surface area contributed by atoms with Crippen molar-refractivity contribution in [1.82, 2.24) is 0 Å². The predicted octanol–water partition coefficient (Wildman–Crippen LogP) is 4.34. The fraction of sp³-hybridized carbons (Fsp3) is 0.250. The molecule has 1 atom stereocenters. The molecule has 0 spiro atoms. The van der Waals surface area contributed by atoms with Crippen molar-refractivity contribution in [2.75, 3.05) is 0 Å². The zero-order chi connectivity index (χ0) is 13.8. The Morgan fingerprint density at radius 3 is 2.63 bits per heavy atom. The summed E-state index contributed by atoms with van der Waals surface area (Å²) < 4.78 is 19.3. The first-order valence-corrected chi connectivity index (χ1v) is 6.40. The standard InChI is InChI=1S/C16H18FNO/c1-3-15(18)13-6-4-5-7-16(13)19-12-9-8-11(2)14(17)10-12/h4-10,15H,3,18H2,1-2H3/t15-/m0/s1. The molecule has 19 heavy (non-hydrogen) atoms. The van der Waals surface area contributed by atoms with Gasteiger partial charge in [0.1, 0.15) is 17.3 Å². The molecule has 2 N–H and O–H groups in total. The highest BCUT2D eigenvalue weighted by Crippen LogP contribution is 2.30. The van der Waals surface area contributed by atoms with Gasteiger partial charge < -0.3 is 10.5 Å². The van der Waals surface area contributed by atoms with Crippen LogP contribution in [0.4, 0.5) is 4.39 Å². The van der Waals surface area contributed by atoms with Crippen LogP contribution in [-0.2, 0) is 0 Å². The molecule has 0 amide bonds. The summed E-state index contributed by atoms with van der Waals surface area (Å²) in [7, 11) is 0. The highest BCUT2D eigenvalue weighted by molar-refractivity contribution is 5.40. The Hall–Kier alpha value is -1.87. The van der Waals surface area contributed by atoms with E-state index >= 15 is 0 Å². The zero-order valence-electron chi connectivity index (χ0n) is 11.2. The van der Waals surface area contributed by atoms with E-state index in [0.717, 1.165) is 12.0 Å². The fourth-order valence-corrected chi connectivity index (χ4v) is 1.86. The summed E-state index contributed by atoms with van der Waals surface area (Å²) in [5.74, 6) is 0.897. The van der Waals surface area contributed by atoms with Gasteiger partial charge in [-0.2, -0.15) is 0 Å². The van der Waals surface area contributed by atoms with E-state index in [2.05, 4.69) is 0 Å². The lowest BCUT2D eigenvalue weighted by atomic mass is 10.0. The number of hydrogen-bond donors (Lipinski definition) is 1. The van der Waals surface area contributed by atoms with Crippen molar-refractivity contribution in [3.05, 3.63) is 59.4 Å². The molecular weight excluding hydrogens is 241 g/mol. The van der Waals surface area contributed by atoms with Crippen molar-refractivity contribution in [2.45, 2.75) is 26.3 Å². The van der Waals surface area contributed by atoms with Crippen LogP contribution in [0.2, 0.25) is 0 Å². The molecule has 0 aromatic heterocycles. The minimum absolute atomic E-state index is 0.0773. The van der Waals surface area contributed by atoms with Gasteiger partial charge in [-0.25, -0.2) is 4.39 Å². The molecule has 2 nitrogen and oxygen atoms in total. The summed E-state index contributed by atoms with van der Waals surface area (Å²) in [5.41, 5.74) is 7.59. The molecule has 0 aliphatic rings. The average Bonchev–Trinajstić information content (AvgIpc) is 2.43. The number of rotatable bonds is 4. The Morgan fingerprint density at radius 1 is 1.21 bits per heavy atom. The maximum Gasteiger partial charge on any atom is 0.132 e. The van der Waals surface area contributed by atoms with Crippen LogP contribution < -0.4 is 10.5 Å². The summed E-state index contributed by atoms with van der Waals surface area (Å²) in [5, 5.41) is 0. The van der Waals surface area contributed by atoms with Gasteiger partial charge in [-0.05, 0) is 31.0 Å². The first kappa shape index (κ1) is 13.6. The van der Waals surface area contributed by atoms with Crippen molar-refractivity contribution in [3.8, 4) is 11.5 Å². The molecule has 3 heteroatoms. The molecule has 2 rings (SSSR count). The topological polar surface area (TPSA) is 35.2 Å². The summed E-state index contributed by atoms with van der Waals surface area (Å²) in [4.78, 5) is 0. The average molecular weight is 259 g/mol. The molecule has 0 fully saturated rings. The number of hydrogen-bond acceptors (Lipinski definition) is 2. The van der Waals surface area contributed by atoms with E-state index in [4.69, 9.17) is 10.5 Å². The van der Waals surface area contributed by atoms with Crippen LogP contribution in [0.5, 0.6) is 11.5 Å². The number of halogens is 1. The Morgan fingerprint density at radius 2 is 1.95 bits per heavy atom. The van der Waals surface area contributed by atoms with E-state index in [9.17, 15) is 4.39 Å². The van der Waals surface area contributed by atoms with Crippen LogP contribution >= 0.6 is 0 Å². The molecule has 0 bridgehead atoms. The third-order valence-electron chi connectivity index (χ3n) is 3.13. The monoisotopic (exact) mass is 259 g/mol. The number of ether oxygens (including phenoxy) is 1. The van der Waals surface area contributed by atoms with Gasteiger partial charge in [0.2, 0.25) is 0 Å². The van der Waals surface area contributed by atoms with E-state index in [1.54, 1.807) is 19.1 Å². The molecule has 0 saturated carbocycles. The summed E-state index contributed by atoms with van der Waals surface area (Å²) >= 11 is 0. The maximum absolute atomic E-state index is 13.5. The number of nitrogens with two attached hydrogens (primary N) is 1. The van der Waals surface area contributed by atoms with Crippen LogP contribution in [0.1, 0.15) is 30.5 Å². The lowest BCUT2D eigenvalue weighted by molar-refractivity contribution is 0.463. The highest BCUT2D eigenvalue weighted by atomic mass is 19.1. The van der Waals surface area contributed by atoms with E-state index in [-0.39, 0.29) is 11.9 Å². The van der Waals surface area contributed by atoms with Crippen molar-refractivity contribution >= 4 is 0 Å². The third-order valence-corrected chi connectivity index (χ3v) is 3.13. The van der Waals surface area contributed by atoms with Crippen molar-refractivity contribution in [1.29, 1.82) is 0 Å². The van der Waals surface area contributed by atoms with Crippen LogP contribution in [0.25, 0.3) is 0 Å². The van der Waals surface area contributed by atoms with Crippen LogP contribution in [0.3, 0.4) is 0 Å². The largest absolute Gasteiger partial charge is 0.457 e. The summed E-state index contributed by atoms with van der Waals surface area (Å²) in [6, 6.07) is 12.4. The van der Waals surface area contributed by atoms with Gasteiger partial charge in [0, 0.05) is 17.7 Å². The third kappa shape index (κ3) is 3.12. The van der Waals surface area contributed by atoms with Gasteiger partial charge in [0.15, 0.2) is 0 Å². The number of aryl methyl sites for hydroxylation is 1. The number of para-hydroxylation sites is 1. The first-order valence-electron chi connectivity index (χ1n) is 6.40. The molecule has 0 heterocycles. The van der Waals surface area contributed by atoms with E-state index in [1.807, 2.05) is 31.2 Å². The highest BCUT2D eigenvalue weighted by Gasteiger charge is 2.11. The van der Waals surface area contributed by atoms with Crippen molar-refractivity contribution < 1.29 is 9.13 Å². The van der Waals surface area contributed by atoms with Crippen LogP contribution in [0, 0.1) is 12.7 Å². The Labute approximate surface area is 113 Å². The van der Waals surface area contributed by atoms with Gasteiger partial charge in [-0.3, -0.25) is 0 Å². The van der Waals surface area contributed by atoms with Gasteiger partial charge in [-0.1, -0.05) is 31.2 Å². The van der Waals surface area contributed by atoms with E-state index < -0.39 is 0 Å². The lowest BCUT2D eigenvalue weighted by Crippen LogP contribution is -2.09. The molecule has 0 aliphatic heterocycles. The fourth-order valence-electron chi connectivity index (χ4n) is 1.86.